The van der Waals surface area contributed by atoms with Crippen LogP contribution in [-0.4, -0.2) is 34.3 Å². The van der Waals surface area contributed by atoms with E-state index in [1.165, 1.54) is 6.20 Å². The highest BCUT2D eigenvalue weighted by molar-refractivity contribution is 6.33. The fourth-order valence-electron chi connectivity index (χ4n) is 3.66. The van der Waals surface area contributed by atoms with Crippen LogP contribution in [0.25, 0.3) is 0 Å². The van der Waals surface area contributed by atoms with Gasteiger partial charge in [0.1, 0.15) is 11.3 Å². The molecule has 0 saturated heterocycles. The Morgan fingerprint density at radius 3 is 2.70 bits per heavy atom. The van der Waals surface area contributed by atoms with Gasteiger partial charge in [0.25, 0.3) is 5.91 Å². The molecule has 3 atom stereocenters. The standard InChI is InChI=1S/C20H18Cl2F4N2O2/c21-16-4-3-11(20(24,25)26)8-14(16)18(29)28-10-19(30)6-5-12(23)9-15(19)13-2-1-7-27-17(13)22/h1-4,7-8,12,15,30H,5-6,9-10H2,(H,28,29). The van der Waals surface area contributed by atoms with Crippen LogP contribution in [0.1, 0.15) is 46.7 Å². The Hall–Kier alpha value is -1.90. The predicted molar refractivity (Wildman–Crippen MR) is 104 cm³/mol. The van der Waals surface area contributed by atoms with Gasteiger partial charge in [-0.15, -0.1) is 0 Å². The van der Waals surface area contributed by atoms with Gasteiger partial charge in [0.15, 0.2) is 0 Å². The van der Waals surface area contributed by atoms with Crippen LogP contribution in [0.4, 0.5) is 17.6 Å². The molecule has 3 unspecified atom stereocenters. The quantitative estimate of drug-likeness (QED) is 0.484. The van der Waals surface area contributed by atoms with Gasteiger partial charge in [0.05, 0.1) is 21.8 Å². The Kier molecular flexibility index (Phi) is 6.60. The number of alkyl halides is 4. The molecule has 0 radical (unpaired) electrons. The minimum absolute atomic E-state index is 0.0257. The highest BCUT2D eigenvalue weighted by atomic mass is 35.5. The number of halogens is 6. The number of aromatic nitrogens is 1. The Balaban J connectivity index is 1.82. The third-order valence-corrected chi connectivity index (χ3v) is 5.93. The lowest BCUT2D eigenvalue weighted by Crippen LogP contribution is -2.50. The van der Waals surface area contributed by atoms with Gasteiger partial charge in [-0.1, -0.05) is 29.3 Å². The third kappa shape index (κ3) is 4.87. The van der Waals surface area contributed by atoms with Crippen LogP contribution >= 0.6 is 23.2 Å². The van der Waals surface area contributed by atoms with Gasteiger partial charge in [-0.25, -0.2) is 9.37 Å². The van der Waals surface area contributed by atoms with Gasteiger partial charge in [-0.05, 0) is 49.1 Å². The number of rotatable bonds is 4. The number of hydrogen-bond donors (Lipinski definition) is 2. The maximum absolute atomic E-state index is 14.1. The first-order chi connectivity index (χ1) is 14.0. The molecule has 1 heterocycles. The first-order valence-corrected chi connectivity index (χ1v) is 9.88. The number of hydrogen-bond acceptors (Lipinski definition) is 3. The summed E-state index contributed by atoms with van der Waals surface area (Å²) in [7, 11) is 0. The highest BCUT2D eigenvalue weighted by Gasteiger charge is 2.44. The maximum atomic E-state index is 14.1. The summed E-state index contributed by atoms with van der Waals surface area (Å²) in [6.07, 6.45) is -4.27. The number of carbonyl (C=O) groups is 1. The predicted octanol–water partition coefficient (Wildman–Crippen LogP) is 5.17. The molecular weight excluding hydrogens is 447 g/mol. The van der Waals surface area contributed by atoms with Crippen LogP contribution in [0.15, 0.2) is 36.5 Å². The smallest absolute Gasteiger partial charge is 0.387 e. The summed E-state index contributed by atoms with van der Waals surface area (Å²) in [4.78, 5) is 16.5. The van der Waals surface area contributed by atoms with Crippen LogP contribution in [0.3, 0.4) is 0 Å². The van der Waals surface area contributed by atoms with Gasteiger partial charge in [0, 0.05) is 18.7 Å². The molecule has 1 aliphatic carbocycles. The van der Waals surface area contributed by atoms with Gasteiger partial charge in [-0.3, -0.25) is 4.79 Å². The molecule has 0 spiro atoms. The monoisotopic (exact) mass is 464 g/mol. The molecule has 0 bridgehead atoms. The van der Waals surface area contributed by atoms with E-state index < -0.39 is 35.3 Å². The minimum atomic E-state index is -4.64. The third-order valence-electron chi connectivity index (χ3n) is 5.29. The molecule has 1 aromatic carbocycles. The largest absolute Gasteiger partial charge is 0.416 e. The van der Waals surface area contributed by atoms with Crippen LogP contribution in [0.5, 0.6) is 0 Å². The fraction of sp³-hybridized carbons (Fsp3) is 0.400. The van der Waals surface area contributed by atoms with Gasteiger partial charge < -0.3 is 10.4 Å². The van der Waals surface area contributed by atoms with Gasteiger partial charge in [0.2, 0.25) is 0 Å². The van der Waals surface area contributed by atoms with E-state index >= 15 is 0 Å². The fourth-order valence-corrected chi connectivity index (χ4v) is 4.12. The Morgan fingerprint density at radius 1 is 1.30 bits per heavy atom. The second-order valence-corrected chi connectivity index (χ2v) is 8.05. The summed E-state index contributed by atoms with van der Waals surface area (Å²) in [5.41, 5.74) is -2.51. The number of nitrogens with one attached hydrogen (secondary N) is 1. The lowest BCUT2D eigenvalue weighted by atomic mass is 9.71. The van der Waals surface area contributed by atoms with Crippen molar-refractivity contribution in [2.24, 2.45) is 0 Å². The van der Waals surface area contributed by atoms with E-state index in [-0.39, 0.29) is 41.5 Å². The summed E-state index contributed by atoms with van der Waals surface area (Å²) in [5, 5.41) is 13.6. The first kappa shape index (κ1) is 22.8. The zero-order valence-electron chi connectivity index (χ0n) is 15.5. The average molecular weight is 465 g/mol. The van der Waals surface area contributed by atoms with Crippen molar-refractivity contribution in [2.75, 3.05) is 6.54 Å². The van der Waals surface area contributed by atoms with E-state index in [1.54, 1.807) is 12.1 Å². The summed E-state index contributed by atoms with van der Waals surface area (Å²) in [6.45, 7) is -0.318. The van der Waals surface area contributed by atoms with Crippen LogP contribution in [0, 0.1) is 0 Å². The molecule has 2 aromatic rings. The SMILES string of the molecule is O=C(NCC1(O)CCC(F)CC1c1cccnc1Cl)c1cc(C(F)(F)F)ccc1Cl. The summed E-state index contributed by atoms with van der Waals surface area (Å²) < 4.78 is 52.9. The first-order valence-electron chi connectivity index (χ1n) is 9.13. The topological polar surface area (TPSA) is 62.2 Å². The number of pyridine rings is 1. The Bertz CT molecular complexity index is 941. The normalized spacial score (nSPS) is 24.5. The van der Waals surface area contributed by atoms with Gasteiger partial charge >= 0.3 is 6.18 Å². The molecule has 1 saturated carbocycles. The lowest BCUT2D eigenvalue weighted by molar-refractivity contribution is -0.137. The second-order valence-electron chi connectivity index (χ2n) is 7.29. The molecule has 162 valence electrons. The van der Waals surface area contributed by atoms with E-state index in [0.717, 1.165) is 12.1 Å². The highest BCUT2D eigenvalue weighted by Crippen LogP contribution is 2.43. The molecule has 4 nitrogen and oxygen atoms in total. The number of aliphatic hydroxyl groups is 1. The van der Waals surface area contributed by atoms with Crippen molar-refractivity contribution in [2.45, 2.75) is 43.1 Å². The average Bonchev–Trinajstić information content (AvgIpc) is 2.68. The van der Waals surface area contributed by atoms with Crippen molar-refractivity contribution >= 4 is 29.1 Å². The van der Waals surface area contributed by atoms with E-state index in [1.807, 2.05) is 0 Å². The number of amides is 1. The molecule has 2 N–H and O–H groups in total. The number of benzene rings is 1. The number of carbonyl (C=O) groups excluding carboxylic acids is 1. The minimum Gasteiger partial charge on any atom is -0.387 e. The van der Waals surface area contributed by atoms with Crippen molar-refractivity contribution in [3.8, 4) is 0 Å². The van der Waals surface area contributed by atoms with Crippen LogP contribution in [-0.2, 0) is 6.18 Å². The molecule has 10 heteroatoms. The zero-order chi connectivity index (χ0) is 22.1. The van der Waals surface area contributed by atoms with E-state index in [4.69, 9.17) is 23.2 Å². The van der Waals surface area contributed by atoms with Crippen molar-refractivity contribution < 1.29 is 27.5 Å². The van der Waals surface area contributed by atoms with Gasteiger partial charge in [-0.2, -0.15) is 13.2 Å². The summed E-state index contributed by atoms with van der Waals surface area (Å²) >= 11 is 12.0. The number of nitrogens with zero attached hydrogens (tertiary/aromatic N) is 1. The molecule has 1 aliphatic rings. The van der Waals surface area contributed by atoms with E-state index in [0.29, 0.717) is 11.6 Å². The van der Waals surface area contributed by atoms with Crippen LogP contribution in [0.2, 0.25) is 10.2 Å². The van der Waals surface area contributed by atoms with E-state index in [9.17, 15) is 27.5 Å². The molecule has 3 rings (SSSR count). The summed E-state index contributed by atoms with van der Waals surface area (Å²) in [5.74, 6) is -1.63. The second kappa shape index (κ2) is 8.69. The molecule has 1 fully saturated rings. The van der Waals surface area contributed by atoms with E-state index in [2.05, 4.69) is 10.3 Å². The molecule has 30 heavy (non-hydrogen) atoms. The molecule has 1 amide bonds. The van der Waals surface area contributed by atoms with Crippen molar-refractivity contribution in [1.82, 2.24) is 10.3 Å². The maximum Gasteiger partial charge on any atom is 0.416 e. The van der Waals surface area contributed by atoms with Crippen molar-refractivity contribution in [1.29, 1.82) is 0 Å². The van der Waals surface area contributed by atoms with Crippen molar-refractivity contribution in [3.63, 3.8) is 0 Å². The zero-order valence-corrected chi connectivity index (χ0v) is 17.0. The molecule has 1 aromatic heterocycles. The Morgan fingerprint density at radius 2 is 2.03 bits per heavy atom. The van der Waals surface area contributed by atoms with Crippen LogP contribution < -0.4 is 5.32 Å². The Labute approximate surface area is 180 Å². The summed E-state index contributed by atoms with van der Waals surface area (Å²) in [6, 6.07) is 5.63. The van der Waals surface area contributed by atoms with Crippen molar-refractivity contribution in [3.05, 3.63) is 63.4 Å². The molecular formula is C20H18Cl2F4N2O2. The molecule has 0 aliphatic heterocycles. The lowest BCUT2D eigenvalue weighted by Gasteiger charge is -2.41.